The van der Waals surface area contributed by atoms with Gasteiger partial charge in [-0.05, 0) is 50.3 Å². The van der Waals surface area contributed by atoms with Crippen molar-refractivity contribution in [3.8, 4) is 11.7 Å². The molecule has 0 saturated carbocycles. The van der Waals surface area contributed by atoms with Gasteiger partial charge in [-0.2, -0.15) is 4.98 Å². The molecule has 0 bridgehead atoms. The molecule has 2 aromatic heterocycles. The average Bonchev–Trinajstić information content (AvgIpc) is 2.81. The molecule has 1 aromatic carbocycles. The summed E-state index contributed by atoms with van der Waals surface area (Å²) in [7, 11) is 1.34. The van der Waals surface area contributed by atoms with Crippen molar-refractivity contribution < 1.29 is 9.13 Å². The smallest absolute Gasteiger partial charge is 0.337 e. The van der Waals surface area contributed by atoms with Crippen LogP contribution in [-0.2, 0) is 7.05 Å². The zero-order chi connectivity index (χ0) is 23.1. The first kappa shape index (κ1) is 23.5. The average molecular weight is 445 g/mol. The van der Waals surface area contributed by atoms with E-state index in [0.717, 1.165) is 43.7 Å². The van der Waals surface area contributed by atoms with E-state index in [-0.39, 0.29) is 17.2 Å². The number of aromatic nitrogens is 5. The summed E-state index contributed by atoms with van der Waals surface area (Å²) in [6, 6.07) is 5.22. The highest BCUT2D eigenvalue weighted by Gasteiger charge is 2.17. The number of halogens is 1. The molecule has 2 heterocycles. The molecule has 0 saturated heterocycles. The SMILES string of the molecule is CCN(CC)CCNCCCOc1nnc2c(n1)c(=O)n(C)c(=O)n2-c1ccc(F)cc1. The molecule has 0 radical (unpaired) electrons. The third-order valence-electron chi connectivity index (χ3n) is 5.16. The van der Waals surface area contributed by atoms with Crippen LogP contribution in [0.3, 0.4) is 0 Å². The molecule has 0 amide bonds. The van der Waals surface area contributed by atoms with Crippen molar-refractivity contribution in [1.29, 1.82) is 0 Å². The Kier molecular flexibility index (Phi) is 8.01. The predicted molar refractivity (Wildman–Crippen MR) is 119 cm³/mol. The van der Waals surface area contributed by atoms with E-state index in [1.54, 1.807) is 0 Å². The minimum absolute atomic E-state index is 0.0184. The third-order valence-corrected chi connectivity index (χ3v) is 5.16. The van der Waals surface area contributed by atoms with Crippen LogP contribution in [0.5, 0.6) is 6.01 Å². The standard InChI is InChI=1S/C21H28FN7O3/c1-4-28(5-2)13-12-23-11-6-14-32-20-24-17-18(25-26-20)29(21(31)27(3)19(17)30)16-9-7-15(22)8-10-16/h7-10,23H,4-6,11-14H2,1-3H3. The van der Waals surface area contributed by atoms with E-state index < -0.39 is 17.1 Å². The second-order valence-corrected chi connectivity index (χ2v) is 7.20. The number of benzene rings is 1. The zero-order valence-electron chi connectivity index (χ0n) is 18.5. The molecule has 11 heteroatoms. The number of likely N-dealkylation sites (N-methyl/N-ethyl adjacent to an activating group) is 1. The van der Waals surface area contributed by atoms with Crippen molar-refractivity contribution in [3.05, 3.63) is 50.9 Å². The second-order valence-electron chi connectivity index (χ2n) is 7.20. The molecule has 3 aromatic rings. The maximum atomic E-state index is 13.3. The molecular weight excluding hydrogens is 417 g/mol. The Morgan fingerprint density at radius 3 is 2.50 bits per heavy atom. The Balaban J connectivity index is 1.70. The van der Waals surface area contributed by atoms with E-state index in [2.05, 4.69) is 39.2 Å². The number of hydrogen-bond donors (Lipinski definition) is 1. The molecule has 0 aliphatic heterocycles. The summed E-state index contributed by atoms with van der Waals surface area (Å²) in [4.78, 5) is 31.7. The van der Waals surface area contributed by atoms with Gasteiger partial charge in [-0.1, -0.05) is 18.9 Å². The summed E-state index contributed by atoms with van der Waals surface area (Å²) in [6.45, 7) is 9.35. The minimum Gasteiger partial charge on any atom is -0.462 e. The van der Waals surface area contributed by atoms with Crippen molar-refractivity contribution in [3.63, 3.8) is 0 Å². The molecule has 0 unspecified atom stereocenters. The molecule has 3 rings (SSSR count). The lowest BCUT2D eigenvalue weighted by molar-refractivity contribution is 0.276. The molecule has 0 aliphatic carbocycles. The van der Waals surface area contributed by atoms with Crippen LogP contribution in [-0.4, -0.2) is 68.5 Å². The molecule has 0 fully saturated rings. The van der Waals surface area contributed by atoms with Gasteiger partial charge in [0.2, 0.25) is 0 Å². The zero-order valence-corrected chi connectivity index (χ0v) is 18.5. The van der Waals surface area contributed by atoms with Gasteiger partial charge < -0.3 is 15.0 Å². The second kappa shape index (κ2) is 10.9. The Morgan fingerprint density at radius 2 is 1.81 bits per heavy atom. The molecule has 0 spiro atoms. The molecule has 32 heavy (non-hydrogen) atoms. The minimum atomic E-state index is -0.630. The van der Waals surface area contributed by atoms with Gasteiger partial charge in [0, 0.05) is 20.1 Å². The van der Waals surface area contributed by atoms with Crippen LogP contribution in [0.25, 0.3) is 16.9 Å². The van der Waals surface area contributed by atoms with Gasteiger partial charge in [0.25, 0.3) is 5.56 Å². The van der Waals surface area contributed by atoms with Crippen molar-refractivity contribution in [2.24, 2.45) is 7.05 Å². The number of rotatable bonds is 11. The van der Waals surface area contributed by atoms with Crippen molar-refractivity contribution >= 4 is 11.2 Å². The first-order chi connectivity index (χ1) is 15.5. The van der Waals surface area contributed by atoms with E-state index in [9.17, 15) is 14.0 Å². The Bertz CT molecular complexity index is 1160. The van der Waals surface area contributed by atoms with E-state index >= 15 is 0 Å². The van der Waals surface area contributed by atoms with Crippen LogP contribution >= 0.6 is 0 Å². The maximum Gasteiger partial charge on any atom is 0.337 e. The van der Waals surface area contributed by atoms with Crippen molar-refractivity contribution in [1.82, 2.24) is 34.5 Å². The fourth-order valence-electron chi connectivity index (χ4n) is 3.23. The number of fused-ring (bicyclic) bond motifs is 1. The largest absolute Gasteiger partial charge is 0.462 e. The highest BCUT2D eigenvalue weighted by molar-refractivity contribution is 5.70. The maximum absolute atomic E-state index is 13.3. The highest BCUT2D eigenvalue weighted by Crippen LogP contribution is 2.12. The van der Waals surface area contributed by atoms with Crippen molar-refractivity contribution in [2.45, 2.75) is 20.3 Å². The molecular formula is C21H28FN7O3. The number of hydrogen-bond acceptors (Lipinski definition) is 8. The van der Waals surface area contributed by atoms with Crippen LogP contribution < -0.4 is 21.3 Å². The quantitative estimate of drug-likeness (QED) is 0.430. The number of ether oxygens (including phenoxy) is 1. The molecule has 172 valence electrons. The Labute approximate surface area is 184 Å². The normalized spacial score (nSPS) is 11.4. The molecule has 0 aliphatic rings. The fraction of sp³-hybridized carbons (Fsp3) is 0.476. The highest BCUT2D eigenvalue weighted by atomic mass is 19.1. The Hall–Kier alpha value is -3.18. The van der Waals surface area contributed by atoms with Crippen LogP contribution in [0.4, 0.5) is 4.39 Å². The summed E-state index contributed by atoms with van der Waals surface area (Å²) in [5, 5.41) is 11.3. The van der Waals surface area contributed by atoms with Crippen LogP contribution in [0.2, 0.25) is 0 Å². The van der Waals surface area contributed by atoms with E-state index in [1.807, 2.05) is 0 Å². The summed E-state index contributed by atoms with van der Waals surface area (Å²) in [6.07, 6.45) is 0.729. The van der Waals surface area contributed by atoms with E-state index in [1.165, 1.54) is 35.9 Å². The van der Waals surface area contributed by atoms with Gasteiger partial charge in [0.05, 0.1) is 12.3 Å². The lowest BCUT2D eigenvalue weighted by Crippen LogP contribution is -2.38. The molecule has 1 N–H and O–H groups in total. The summed E-state index contributed by atoms with van der Waals surface area (Å²) < 4.78 is 20.9. The molecule has 0 atom stereocenters. The summed E-state index contributed by atoms with van der Waals surface area (Å²) in [5.41, 5.74) is -0.970. The first-order valence-corrected chi connectivity index (χ1v) is 10.6. The third kappa shape index (κ3) is 5.35. The van der Waals surface area contributed by atoms with Gasteiger partial charge in [0.15, 0.2) is 11.2 Å². The van der Waals surface area contributed by atoms with Gasteiger partial charge in [-0.25, -0.2) is 13.8 Å². The monoisotopic (exact) mass is 445 g/mol. The van der Waals surface area contributed by atoms with Gasteiger partial charge in [-0.15, -0.1) is 5.10 Å². The van der Waals surface area contributed by atoms with Crippen LogP contribution in [0.1, 0.15) is 20.3 Å². The van der Waals surface area contributed by atoms with E-state index in [4.69, 9.17) is 4.74 Å². The lowest BCUT2D eigenvalue weighted by atomic mass is 10.3. The van der Waals surface area contributed by atoms with Gasteiger partial charge in [-0.3, -0.25) is 9.36 Å². The fourth-order valence-corrected chi connectivity index (χ4v) is 3.23. The van der Waals surface area contributed by atoms with Crippen LogP contribution in [0, 0.1) is 5.82 Å². The Morgan fingerprint density at radius 1 is 1.09 bits per heavy atom. The van der Waals surface area contributed by atoms with Crippen molar-refractivity contribution in [2.75, 3.05) is 39.3 Å². The van der Waals surface area contributed by atoms with Gasteiger partial charge in [0.1, 0.15) is 5.82 Å². The van der Waals surface area contributed by atoms with E-state index in [0.29, 0.717) is 12.3 Å². The topological polar surface area (TPSA) is 107 Å². The summed E-state index contributed by atoms with van der Waals surface area (Å²) in [5.74, 6) is -0.446. The summed E-state index contributed by atoms with van der Waals surface area (Å²) >= 11 is 0. The molecule has 10 nitrogen and oxygen atoms in total. The number of nitrogens with zero attached hydrogens (tertiary/aromatic N) is 6. The predicted octanol–water partition coefficient (Wildman–Crippen LogP) is 0.714. The first-order valence-electron chi connectivity index (χ1n) is 10.6. The van der Waals surface area contributed by atoms with Crippen LogP contribution in [0.15, 0.2) is 33.9 Å². The number of nitrogens with one attached hydrogen (secondary N) is 1. The lowest BCUT2D eigenvalue weighted by Gasteiger charge is -2.17. The van der Waals surface area contributed by atoms with Gasteiger partial charge >= 0.3 is 11.7 Å².